The molecular weight excluding hydrogens is 270 g/mol. The molecule has 0 saturated heterocycles. The maximum Gasteiger partial charge on any atom is 0.135 e. The van der Waals surface area contributed by atoms with E-state index in [0.717, 1.165) is 21.3 Å². The highest BCUT2D eigenvalue weighted by atomic mass is 79.9. The molecule has 0 aliphatic heterocycles. The zero-order chi connectivity index (χ0) is 11.5. The van der Waals surface area contributed by atoms with Crippen LogP contribution in [0, 0.1) is 0 Å². The Kier molecular flexibility index (Phi) is 3.58. The molecule has 1 heterocycles. The molecule has 1 aromatic carbocycles. The van der Waals surface area contributed by atoms with Crippen molar-refractivity contribution in [3.63, 3.8) is 0 Å². The monoisotopic (exact) mass is 283 g/mol. The first-order valence-electron chi connectivity index (χ1n) is 5.11. The van der Waals surface area contributed by atoms with Gasteiger partial charge in [0.05, 0.1) is 17.6 Å². The van der Waals surface area contributed by atoms with Gasteiger partial charge in [0, 0.05) is 18.1 Å². The molecule has 0 saturated carbocycles. The van der Waals surface area contributed by atoms with Gasteiger partial charge < -0.3 is 15.0 Å². The Balaban J connectivity index is 2.29. The number of fused-ring (bicyclic) bond motifs is 1. The Morgan fingerprint density at radius 2 is 2.31 bits per heavy atom. The molecule has 0 unspecified atom stereocenters. The van der Waals surface area contributed by atoms with Crippen molar-refractivity contribution in [3.05, 3.63) is 28.5 Å². The minimum atomic E-state index is 0.500. The van der Waals surface area contributed by atoms with Gasteiger partial charge in [-0.1, -0.05) is 15.9 Å². The van der Waals surface area contributed by atoms with Gasteiger partial charge in [-0.2, -0.15) is 0 Å². The molecule has 16 heavy (non-hydrogen) atoms. The number of rotatable bonds is 4. The van der Waals surface area contributed by atoms with E-state index < -0.39 is 0 Å². The molecule has 2 N–H and O–H groups in total. The molecule has 0 bridgehead atoms. The van der Waals surface area contributed by atoms with Crippen LogP contribution in [0.3, 0.4) is 0 Å². The molecular formula is C11H14BrN3O. The molecule has 1 aromatic heterocycles. The van der Waals surface area contributed by atoms with E-state index in [-0.39, 0.29) is 0 Å². The van der Waals surface area contributed by atoms with Crippen molar-refractivity contribution in [1.29, 1.82) is 0 Å². The second-order valence-electron chi connectivity index (χ2n) is 3.56. The summed E-state index contributed by atoms with van der Waals surface area (Å²) in [5, 5.41) is 0. The molecule has 0 atom stereocenters. The van der Waals surface area contributed by atoms with Crippen molar-refractivity contribution in [3.8, 4) is 0 Å². The van der Waals surface area contributed by atoms with Crippen LogP contribution in [0.2, 0.25) is 0 Å². The number of aryl methyl sites for hydroxylation is 1. The minimum Gasteiger partial charge on any atom is -0.372 e. The van der Waals surface area contributed by atoms with Gasteiger partial charge in [-0.3, -0.25) is 0 Å². The number of nitrogens with two attached hydrogens (primary N) is 1. The maximum atomic E-state index is 5.39. The van der Waals surface area contributed by atoms with Crippen LogP contribution < -0.4 is 5.73 Å². The number of hydrogen-bond donors (Lipinski definition) is 1. The fourth-order valence-corrected chi connectivity index (χ4v) is 1.95. The van der Waals surface area contributed by atoms with Crippen LogP contribution in [-0.4, -0.2) is 22.7 Å². The predicted octanol–water partition coefficient (Wildman–Crippen LogP) is 1.81. The van der Waals surface area contributed by atoms with Crippen LogP contribution in [-0.2, 0) is 18.4 Å². The largest absolute Gasteiger partial charge is 0.372 e. The zero-order valence-corrected chi connectivity index (χ0v) is 10.7. The fourth-order valence-electron chi connectivity index (χ4n) is 1.60. The van der Waals surface area contributed by atoms with E-state index in [4.69, 9.17) is 10.5 Å². The average molecular weight is 284 g/mol. The van der Waals surface area contributed by atoms with Crippen LogP contribution >= 0.6 is 15.9 Å². The first-order valence-corrected chi connectivity index (χ1v) is 5.90. The van der Waals surface area contributed by atoms with Crippen LogP contribution in [0.5, 0.6) is 0 Å². The van der Waals surface area contributed by atoms with Crippen molar-refractivity contribution in [1.82, 2.24) is 9.55 Å². The third kappa shape index (κ3) is 2.26. The summed E-state index contributed by atoms with van der Waals surface area (Å²) in [4.78, 5) is 4.51. The molecule has 0 spiro atoms. The number of nitrogens with zero attached hydrogens (tertiary/aromatic N) is 2. The van der Waals surface area contributed by atoms with Crippen LogP contribution in [0.1, 0.15) is 5.82 Å². The van der Waals surface area contributed by atoms with E-state index in [1.165, 1.54) is 0 Å². The number of imidazole rings is 1. The maximum absolute atomic E-state index is 5.39. The van der Waals surface area contributed by atoms with Crippen molar-refractivity contribution < 1.29 is 4.74 Å². The lowest BCUT2D eigenvalue weighted by molar-refractivity contribution is 0.121. The minimum absolute atomic E-state index is 0.500. The predicted molar refractivity (Wildman–Crippen MR) is 67.1 cm³/mol. The first kappa shape index (κ1) is 11.6. The third-order valence-corrected chi connectivity index (χ3v) is 2.92. The Morgan fingerprint density at radius 1 is 1.50 bits per heavy atom. The topological polar surface area (TPSA) is 53.1 Å². The molecule has 0 aliphatic rings. The van der Waals surface area contributed by atoms with Crippen molar-refractivity contribution >= 4 is 27.0 Å². The van der Waals surface area contributed by atoms with E-state index in [2.05, 4.69) is 20.9 Å². The van der Waals surface area contributed by atoms with Gasteiger partial charge in [-0.15, -0.1) is 0 Å². The summed E-state index contributed by atoms with van der Waals surface area (Å²) in [6.45, 7) is 1.60. The SMILES string of the molecule is Cn1c(COCCN)nc2cc(Br)ccc21. The number of ether oxygens (including phenoxy) is 1. The smallest absolute Gasteiger partial charge is 0.135 e. The molecule has 2 aromatic rings. The van der Waals surface area contributed by atoms with Crippen LogP contribution in [0.25, 0.3) is 11.0 Å². The van der Waals surface area contributed by atoms with Gasteiger partial charge in [0.15, 0.2) is 0 Å². The summed E-state index contributed by atoms with van der Waals surface area (Å²) >= 11 is 3.43. The Labute approximate surface area is 103 Å². The number of aromatic nitrogens is 2. The molecule has 86 valence electrons. The van der Waals surface area contributed by atoms with E-state index in [0.29, 0.717) is 19.8 Å². The molecule has 4 nitrogen and oxygen atoms in total. The van der Waals surface area contributed by atoms with Crippen LogP contribution in [0.4, 0.5) is 0 Å². The molecule has 5 heteroatoms. The zero-order valence-electron chi connectivity index (χ0n) is 9.11. The number of halogens is 1. The lowest BCUT2D eigenvalue weighted by Gasteiger charge is -2.02. The summed E-state index contributed by atoms with van der Waals surface area (Å²) in [5.41, 5.74) is 7.45. The molecule has 0 amide bonds. The Bertz CT molecular complexity index is 495. The normalized spacial score (nSPS) is 11.2. The van der Waals surface area contributed by atoms with E-state index in [1.54, 1.807) is 0 Å². The van der Waals surface area contributed by atoms with Gasteiger partial charge in [0.2, 0.25) is 0 Å². The van der Waals surface area contributed by atoms with Crippen molar-refractivity contribution in [2.75, 3.05) is 13.2 Å². The van der Waals surface area contributed by atoms with Gasteiger partial charge in [0.1, 0.15) is 12.4 Å². The standard InChI is InChI=1S/C11H14BrN3O/c1-15-10-3-2-8(12)6-9(10)14-11(15)7-16-5-4-13/h2-3,6H,4-5,7,13H2,1H3. The summed E-state index contributed by atoms with van der Waals surface area (Å²) in [6, 6.07) is 6.05. The van der Waals surface area contributed by atoms with Gasteiger partial charge in [0.25, 0.3) is 0 Å². The summed E-state index contributed by atoms with van der Waals surface area (Å²) in [6.07, 6.45) is 0. The number of hydrogen-bond acceptors (Lipinski definition) is 3. The second-order valence-corrected chi connectivity index (χ2v) is 4.48. The number of benzene rings is 1. The van der Waals surface area contributed by atoms with Gasteiger partial charge in [-0.25, -0.2) is 4.98 Å². The van der Waals surface area contributed by atoms with E-state index in [1.807, 2.05) is 29.8 Å². The summed E-state index contributed by atoms with van der Waals surface area (Å²) in [5.74, 6) is 0.918. The lowest BCUT2D eigenvalue weighted by Crippen LogP contribution is -2.10. The first-order chi connectivity index (χ1) is 7.72. The van der Waals surface area contributed by atoms with E-state index in [9.17, 15) is 0 Å². The highest BCUT2D eigenvalue weighted by Crippen LogP contribution is 2.20. The van der Waals surface area contributed by atoms with Crippen molar-refractivity contribution in [2.45, 2.75) is 6.61 Å². The average Bonchev–Trinajstić information content (AvgIpc) is 2.56. The van der Waals surface area contributed by atoms with Gasteiger partial charge >= 0.3 is 0 Å². The molecule has 0 fully saturated rings. The highest BCUT2D eigenvalue weighted by molar-refractivity contribution is 9.10. The summed E-state index contributed by atoms with van der Waals surface area (Å²) in [7, 11) is 1.99. The third-order valence-electron chi connectivity index (χ3n) is 2.43. The molecule has 0 radical (unpaired) electrons. The lowest BCUT2D eigenvalue weighted by atomic mass is 10.3. The fraction of sp³-hybridized carbons (Fsp3) is 0.364. The van der Waals surface area contributed by atoms with Crippen LogP contribution in [0.15, 0.2) is 22.7 Å². The molecule has 2 rings (SSSR count). The Morgan fingerprint density at radius 3 is 3.06 bits per heavy atom. The Hall–Kier alpha value is -0.910. The second kappa shape index (κ2) is 4.95. The van der Waals surface area contributed by atoms with E-state index >= 15 is 0 Å². The quantitative estimate of drug-likeness (QED) is 0.871. The van der Waals surface area contributed by atoms with Crippen molar-refractivity contribution in [2.24, 2.45) is 12.8 Å². The summed E-state index contributed by atoms with van der Waals surface area (Å²) < 4.78 is 8.46. The highest BCUT2D eigenvalue weighted by Gasteiger charge is 2.07. The molecule has 0 aliphatic carbocycles. The van der Waals surface area contributed by atoms with Gasteiger partial charge in [-0.05, 0) is 18.2 Å².